The van der Waals surface area contributed by atoms with Crippen molar-refractivity contribution in [3.05, 3.63) is 17.8 Å². The van der Waals surface area contributed by atoms with Crippen LogP contribution in [0.15, 0.2) is 10.8 Å². The summed E-state index contributed by atoms with van der Waals surface area (Å²) >= 11 is 0. The molecule has 0 spiro atoms. The second-order valence-electron chi connectivity index (χ2n) is 3.73. The lowest BCUT2D eigenvalue weighted by molar-refractivity contribution is -0.122. The molecule has 0 bridgehead atoms. The number of piperazine rings is 1. The molecular formula is C9H13N3O2. The van der Waals surface area contributed by atoms with E-state index in [4.69, 9.17) is 4.42 Å². The van der Waals surface area contributed by atoms with Crippen LogP contribution in [-0.4, -0.2) is 24.0 Å². The topological polar surface area (TPSA) is 67.2 Å². The first-order chi connectivity index (χ1) is 6.62. The summed E-state index contributed by atoms with van der Waals surface area (Å²) in [4.78, 5) is 15.0. The van der Waals surface area contributed by atoms with E-state index in [2.05, 4.69) is 15.6 Å². The molecule has 2 N–H and O–H groups in total. The standard InChI is InChI=1S/C9H13N3O2/c1-6-8(14-5-11-6)9(2)4-10-7(13)3-12-9/h5,12H,3-4H2,1-2H3,(H,10,13). The van der Waals surface area contributed by atoms with Crippen LogP contribution in [0.4, 0.5) is 0 Å². The number of nitrogens with zero attached hydrogens (tertiary/aromatic N) is 1. The molecule has 1 fully saturated rings. The third-order valence-corrected chi connectivity index (χ3v) is 2.52. The largest absolute Gasteiger partial charge is 0.446 e. The number of amides is 1. The highest BCUT2D eigenvalue weighted by atomic mass is 16.3. The van der Waals surface area contributed by atoms with Gasteiger partial charge in [-0.2, -0.15) is 0 Å². The van der Waals surface area contributed by atoms with Gasteiger partial charge in [-0.25, -0.2) is 4.98 Å². The van der Waals surface area contributed by atoms with Crippen molar-refractivity contribution in [3.63, 3.8) is 0 Å². The molecule has 0 radical (unpaired) electrons. The number of oxazole rings is 1. The molecule has 2 heterocycles. The van der Waals surface area contributed by atoms with Gasteiger partial charge in [-0.05, 0) is 13.8 Å². The Kier molecular flexibility index (Phi) is 2.03. The predicted octanol–water partition coefficient (Wildman–Crippen LogP) is -0.0824. The van der Waals surface area contributed by atoms with E-state index >= 15 is 0 Å². The predicted molar refractivity (Wildman–Crippen MR) is 49.6 cm³/mol. The van der Waals surface area contributed by atoms with Crippen molar-refractivity contribution in [1.29, 1.82) is 0 Å². The first-order valence-corrected chi connectivity index (χ1v) is 4.54. The molecule has 5 nitrogen and oxygen atoms in total. The molecule has 1 aliphatic rings. The molecule has 1 aliphatic heterocycles. The molecular weight excluding hydrogens is 182 g/mol. The monoisotopic (exact) mass is 195 g/mol. The minimum atomic E-state index is -0.339. The van der Waals surface area contributed by atoms with Gasteiger partial charge in [-0.15, -0.1) is 0 Å². The Hall–Kier alpha value is -1.36. The van der Waals surface area contributed by atoms with E-state index in [9.17, 15) is 4.79 Å². The van der Waals surface area contributed by atoms with Crippen molar-refractivity contribution in [2.24, 2.45) is 0 Å². The molecule has 1 aromatic heterocycles. The molecule has 2 rings (SSSR count). The number of rotatable bonds is 1. The Balaban J connectivity index is 2.25. The van der Waals surface area contributed by atoms with Crippen LogP contribution in [0.5, 0.6) is 0 Å². The van der Waals surface area contributed by atoms with Crippen LogP contribution in [0.2, 0.25) is 0 Å². The van der Waals surface area contributed by atoms with Gasteiger partial charge in [0.05, 0.1) is 17.8 Å². The third kappa shape index (κ3) is 1.39. The van der Waals surface area contributed by atoms with Crippen LogP contribution >= 0.6 is 0 Å². The zero-order valence-corrected chi connectivity index (χ0v) is 8.26. The molecule has 0 saturated carbocycles. The first-order valence-electron chi connectivity index (χ1n) is 4.54. The smallest absolute Gasteiger partial charge is 0.234 e. The molecule has 76 valence electrons. The molecule has 1 aromatic rings. The average Bonchev–Trinajstić information content (AvgIpc) is 2.58. The molecule has 1 atom stereocenters. The Labute approximate surface area is 81.9 Å². The molecule has 1 amide bonds. The zero-order valence-electron chi connectivity index (χ0n) is 8.26. The van der Waals surface area contributed by atoms with Crippen LogP contribution in [0.3, 0.4) is 0 Å². The maximum atomic E-state index is 11.0. The highest BCUT2D eigenvalue weighted by Crippen LogP contribution is 2.23. The fourth-order valence-corrected chi connectivity index (χ4v) is 1.67. The van der Waals surface area contributed by atoms with E-state index < -0.39 is 0 Å². The van der Waals surface area contributed by atoms with Crippen molar-refractivity contribution >= 4 is 5.91 Å². The van der Waals surface area contributed by atoms with Crippen LogP contribution < -0.4 is 10.6 Å². The molecule has 5 heteroatoms. The van der Waals surface area contributed by atoms with Gasteiger partial charge in [-0.1, -0.05) is 0 Å². The maximum absolute atomic E-state index is 11.0. The lowest BCUT2D eigenvalue weighted by Gasteiger charge is -2.33. The van der Waals surface area contributed by atoms with Gasteiger partial charge < -0.3 is 9.73 Å². The van der Waals surface area contributed by atoms with Crippen LogP contribution in [0, 0.1) is 6.92 Å². The van der Waals surface area contributed by atoms with Crippen molar-refractivity contribution in [1.82, 2.24) is 15.6 Å². The molecule has 0 aliphatic carbocycles. The van der Waals surface area contributed by atoms with E-state index in [0.29, 0.717) is 13.1 Å². The normalized spacial score (nSPS) is 27.4. The summed E-state index contributed by atoms with van der Waals surface area (Å²) in [6.45, 7) is 4.72. The molecule has 1 unspecified atom stereocenters. The summed E-state index contributed by atoms with van der Waals surface area (Å²) in [6, 6.07) is 0. The van der Waals surface area contributed by atoms with Crippen molar-refractivity contribution in [2.75, 3.05) is 13.1 Å². The fraction of sp³-hybridized carbons (Fsp3) is 0.556. The Morgan fingerprint density at radius 3 is 2.93 bits per heavy atom. The van der Waals surface area contributed by atoms with Gasteiger partial charge in [0, 0.05) is 6.54 Å². The van der Waals surface area contributed by atoms with Crippen molar-refractivity contribution in [3.8, 4) is 0 Å². The van der Waals surface area contributed by atoms with E-state index in [1.807, 2.05) is 13.8 Å². The number of nitrogens with one attached hydrogen (secondary N) is 2. The highest BCUT2D eigenvalue weighted by molar-refractivity contribution is 5.79. The number of carbonyl (C=O) groups is 1. The molecule has 0 aromatic carbocycles. The second-order valence-corrected chi connectivity index (χ2v) is 3.73. The Bertz CT molecular complexity index is 349. The summed E-state index contributed by atoms with van der Waals surface area (Å²) in [5, 5.41) is 5.94. The summed E-state index contributed by atoms with van der Waals surface area (Å²) in [6.07, 6.45) is 1.42. The quantitative estimate of drug-likeness (QED) is 0.657. The van der Waals surface area contributed by atoms with Crippen LogP contribution in [0.25, 0.3) is 0 Å². The summed E-state index contributed by atoms with van der Waals surface area (Å²) < 4.78 is 5.32. The van der Waals surface area contributed by atoms with Crippen molar-refractivity contribution in [2.45, 2.75) is 19.4 Å². The van der Waals surface area contributed by atoms with Crippen molar-refractivity contribution < 1.29 is 9.21 Å². The van der Waals surface area contributed by atoms with Crippen LogP contribution in [-0.2, 0) is 10.3 Å². The average molecular weight is 195 g/mol. The Morgan fingerprint density at radius 2 is 2.43 bits per heavy atom. The van der Waals surface area contributed by atoms with Gasteiger partial charge in [0.2, 0.25) is 5.91 Å². The first kappa shape index (κ1) is 9.21. The summed E-state index contributed by atoms with van der Waals surface area (Å²) in [7, 11) is 0. The minimum Gasteiger partial charge on any atom is -0.446 e. The van der Waals surface area contributed by atoms with Gasteiger partial charge >= 0.3 is 0 Å². The lowest BCUT2D eigenvalue weighted by atomic mass is 9.95. The second kappa shape index (κ2) is 3.09. The van der Waals surface area contributed by atoms with Gasteiger partial charge in [0.1, 0.15) is 5.76 Å². The summed E-state index contributed by atoms with van der Waals surface area (Å²) in [5.41, 5.74) is 0.519. The zero-order chi connectivity index (χ0) is 10.2. The number of aryl methyl sites for hydroxylation is 1. The number of hydrogen-bond acceptors (Lipinski definition) is 4. The van der Waals surface area contributed by atoms with Gasteiger partial charge in [-0.3, -0.25) is 10.1 Å². The van der Waals surface area contributed by atoms with Gasteiger partial charge in [0.15, 0.2) is 6.39 Å². The lowest BCUT2D eigenvalue weighted by Crippen LogP contribution is -2.57. The number of carbonyl (C=O) groups excluding carboxylic acids is 1. The fourth-order valence-electron chi connectivity index (χ4n) is 1.67. The Morgan fingerprint density at radius 1 is 1.64 bits per heavy atom. The number of aromatic nitrogens is 1. The third-order valence-electron chi connectivity index (χ3n) is 2.52. The molecule has 1 saturated heterocycles. The van der Waals surface area contributed by atoms with Crippen LogP contribution in [0.1, 0.15) is 18.4 Å². The summed E-state index contributed by atoms with van der Waals surface area (Å²) in [5.74, 6) is 0.803. The molecule has 14 heavy (non-hydrogen) atoms. The number of hydrogen-bond donors (Lipinski definition) is 2. The highest BCUT2D eigenvalue weighted by Gasteiger charge is 2.35. The maximum Gasteiger partial charge on any atom is 0.234 e. The van der Waals surface area contributed by atoms with Gasteiger partial charge in [0.25, 0.3) is 0 Å². The van der Waals surface area contributed by atoms with E-state index in [1.165, 1.54) is 6.39 Å². The van der Waals surface area contributed by atoms with E-state index in [0.717, 1.165) is 11.5 Å². The SMILES string of the molecule is Cc1ncoc1C1(C)CNC(=O)CN1. The van der Waals surface area contributed by atoms with E-state index in [-0.39, 0.29) is 11.4 Å². The minimum absolute atomic E-state index is 0.0136. The van der Waals surface area contributed by atoms with E-state index in [1.54, 1.807) is 0 Å².